The summed E-state index contributed by atoms with van der Waals surface area (Å²) in [5, 5.41) is 12.8. The third-order valence-electron chi connectivity index (χ3n) is 6.03. The maximum atomic E-state index is 13.9. The first-order valence-corrected chi connectivity index (χ1v) is 11.1. The summed E-state index contributed by atoms with van der Waals surface area (Å²) in [7, 11) is 0. The SMILES string of the molecule is CC(C)CC(NC(=O)C(C)(NC(=O)OCC1c2ccccc2-c2ccccc21)C(F)(F)F)C(=O)O. The van der Waals surface area contributed by atoms with Crippen molar-refractivity contribution in [2.75, 3.05) is 6.61 Å². The van der Waals surface area contributed by atoms with E-state index in [1.54, 1.807) is 19.2 Å². The van der Waals surface area contributed by atoms with Crippen LogP contribution in [0.1, 0.15) is 44.2 Å². The van der Waals surface area contributed by atoms with Crippen molar-refractivity contribution in [3.63, 3.8) is 0 Å². The third kappa shape index (κ3) is 5.41. The highest BCUT2D eigenvalue weighted by atomic mass is 19.4. The first-order chi connectivity index (χ1) is 16.3. The molecule has 0 aromatic heterocycles. The minimum Gasteiger partial charge on any atom is -0.480 e. The van der Waals surface area contributed by atoms with Crippen molar-refractivity contribution in [2.24, 2.45) is 5.92 Å². The van der Waals surface area contributed by atoms with Gasteiger partial charge in [-0.2, -0.15) is 13.2 Å². The summed E-state index contributed by atoms with van der Waals surface area (Å²) in [5.41, 5.74) is 0.231. The summed E-state index contributed by atoms with van der Waals surface area (Å²) in [6, 6.07) is 13.4. The minimum absolute atomic E-state index is 0.0834. The molecule has 3 rings (SSSR count). The van der Waals surface area contributed by atoms with Gasteiger partial charge in [0.15, 0.2) is 0 Å². The summed E-state index contributed by atoms with van der Waals surface area (Å²) < 4.78 is 46.8. The number of carbonyl (C=O) groups is 3. The predicted molar refractivity (Wildman–Crippen MR) is 122 cm³/mol. The van der Waals surface area contributed by atoms with Gasteiger partial charge < -0.3 is 15.2 Å². The minimum atomic E-state index is -5.22. The van der Waals surface area contributed by atoms with Crippen LogP contribution in [0.5, 0.6) is 0 Å². The van der Waals surface area contributed by atoms with E-state index >= 15 is 0 Å². The van der Waals surface area contributed by atoms with Crippen molar-refractivity contribution in [1.82, 2.24) is 10.6 Å². The van der Waals surface area contributed by atoms with E-state index in [1.807, 2.05) is 53.8 Å². The van der Waals surface area contributed by atoms with Crippen LogP contribution in [0.25, 0.3) is 11.1 Å². The molecule has 0 bridgehead atoms. The molecular weight excluding hydrogens is 465 g/mol. The molecule has 2 amide bonds. The van der Waals surface area contributed by atoms with Gasteiger partial charge in [0.05, 0.1) is 0 Å². The molecule has 2 aromatic rings. The fourth-order valence-corrected chi connectivity index (χ4v) is 4.09. The van der Waals surface area contributed by atoms with E-state index in [0.29, 0.717) is 6.92 Å². The molecule has 0 spiro atoms. The maximum absolute atomic E-state index is 13.9. The van der Waals surface area contributed by atoms with Crippen LogP contribution < -0.4 is 10.6 Å². The number of ether oxygens (including phenoxy) is 1. The van der Waals surface area contributed by atoms with Crippen LogP contribution in [-0.4, -0.2) is 47.4 Å². The van der Waals surface area contributed by atoms with Crippen LogP contribution in [0, 0.1) is 5.92 Å². The van der Waals surface area contributed by atoms with Crippen molar-refractivity contribution in [1.29, 1.82) is 0 Å². The number of nitrogens with one attached hydrogen (secondary N) is 2. The van der Waals surface area contributed by atoms with Gasteiger partial charge in [-0.15, -0.1) is 0 Å². The highest BCUT2D eigenvalue weighted by Crippen LogP contribution is 2.44. The molecule has 2 atom stereocenters. The zero-order chi connectivity index (χ0) is 26.0. The molecule has 0 saturated heterocycles. The van der Waals surface area contributed by atoms with E-state index in [2.05, 4.69) is 0 Å². The standard InChI is InChI=1S/C25H27F3N2O5/c1-14(2)12-20(21(31)32)29-22(33)24(3,25(26,27)28)30-23(34)35-13-19-17-10-6-4-8-15(17)16-9-5-7-11-18(16)19/h4-11,14,19-20H,12-13H2,1-3H3,(H,29,33)(H,30,34)(H,31,32). The largest absolute Gasteiger partial charge is 0.480 e. The molecule has 35 heavy (non-hydrogen) atoms. The molecule has 7 nitrogen and oxygen atoms in total. The smallest absolute Gasteiger partial charge is 0.420 e. The molecule has 188 valence electrons. The van der Waals surface area contributed by atoms with Crippen molar-refractivity contribution in [3.8, 4) is 11.1 Å². The Labute approximate surface area is 200 Å². The second-order valence-electron chi connectivity index (χ2n) is 9.07. The Bertz CT molecular complexity index is 1070. The highest BCUT2D eigenvalue weighted by molar-refractivity contribution is 5.93. The first-order valence-electron chi connectivity index (χ1n) is 11.1. The van der Waals surface area contributed by atoms with Gasteiger partial charge in [0, 0.05) is 5.92 Å². The Kier molecular flexibility index (Phi) is 7.42. The molecular formula is C25H27F3N2O5. The van der Waals surface area contributed by atoms with Gasteiger partial charge in [0.1, 0.15) is 12.6 Å². The molecule has 1 aliphatic rings. The lowest BCUT2D eigenvalue weighted by molar-refractivity contribution is -0.195. The number of fused-ring (bicyclic) bond motifs is 3. The van der Waals surface area contributed by atoms with Crippen molar-refractivity contribution in [3.05, 3.63) is 59.7 Å². The van der Waals surface area contributed by atoms with Gasteiger partial charge in [-0.3, -0.25) is 10.1 Å². The second-order valence-corrected chi connectivity index (χ2v) is 9.07. The van der Waals surface area contributed by atoms with Crippen molar-refractivity contribution >= 4 is 18.0 Å². The number of rotatable bonds is 8. The lowest BCUT2D eigenvalue weighted by Crippen LogP contribution is -2.67. The van der Waals surface area contributed by atoms with E-state index in [4.69, 9.17) is 4.74 Å². The Hall–Kier alpha value is -3.56. The summed E-state index contributed by atoms with van der Waals surface area (Å²) in [5.74, 6) is -3.76. The van der Waals surface area contributed by atoms with E-state index in [0.717, 1.165) is 22.3 Å². The summed E-state index contributed by atoms with van der Waals surface area (Å²) in [6.07, 6.45) is -6.75. The van der Waals surface area contributed by atoms with Gasteiger partial charge in [0.25, 0.3) is 5.91 Å². The molecule has 0 saturated carbocycles. The van der Waals surface area contributed by atoms with Crippen molar-refractivity contribution in [2.45, 2.75) is 50.9 Å². The van der Waals surface area contributed by atoms with Crippen LogP contribution in [-0.2, 0) is 14.3 Å². The lowest BCUT2D eigenvalue weighted by Gasteiger charge is -2.32. The number of alkyl halides is 3. The molecule has 0 heterocycles. The quantitative estimate of drug-likeness (QED) is 0.505. The van der Waals surface area contributed by atoms with Crippen LogP contribution >= 0.6 is 0 Å². The molecule has 2 aromatic carbocycles. The number of carboxylic acid groups (broad SMARTS) is 1. The van der Waals surface area contributed by atoms with Gasteiger partial charge in [-0.25, -0.2) is 9.59 Å². The molecule has 10 heteroatoms. The molecule has 3 N–H and O–H groups in total. The summed E-state index contributed by atoms with van der Waals surface area (Å²) >= 11 is 0. The van der Waals surface area contributed by atoms with Gasteiger partial charge in [0.2, 0.25) is 5.54 Å². The number of carboxylic acids is 1. The summed E-state index contributed by atoms with van der Waals surface area (Å²) in [6.45, 7) is 3.55. The number of alkyl carbamates (subject to hydrolysis) is 1. The maximum Gasteiger partial charge on any atom is 0.420 e. The van der Waals surface area contributed by atoms with E-state index in [9.17, 15) is 32.7 Å². The van der Waals surface area contributed by atoms with Crippen LogP contribution in [0.4, 0.5) is 18.0 Å². The zero-order valence-corrected chi connectivity index (χ0v) is 19.5. The average molecular weight is 492 g/mol. The van der Waals surface area contributed by atoms with Gasteiger partial charge in [-0.05, 0) is 41.5 Å². The molecule has 2 unspecified atom stereocenters. The fraction of sp³-hybridized carbons (Fsp3) is 0.400. The molecule has 0 aliphatic heterocycles. The van der Waals surface area contributed by atoms with E-state index < -0.39 is 35.7 Å². The number of benzene rings is 2. The number of hydrogen-bond donors (Lipinski definition) is 3. The monoisotopic (exact) mass is 492 g/mol. The van der Waals surface area contributed by atoms with Crippen LogP contribution in [0.15, 0.2) is 48.5 Å². The lowest BCUT2D eigenvalue weighted by atomic mass is 9.97. The van der Waals surface area contributed by atoms with Gasteiger partial charge in [-0.1, -0.05) is 62.4 Å². The second kappa shape index (κ2) is 9.97. The Balaban J connectivity index is 1.75. The van der Waals surface area contributed by atoms with Crippen LogP contribution in [0.2, 0.25) is 0 Å². The molecule has 1 aliphatic carbocycles. The Morgan fingerprint density at radius 1 is 1.00 bits per heavy atom. The first kappa shape index (κ1) is 26.1. The average Bonchev–Trinajstić information content (AvgIpc) is 3.09. The topological polar surface area (TPSA) is 105 Å². The number of amides is 2. The zero-order valence-electron chi connectivity index (χ0n) is 19.5. The highest BCUT2D eigenvalue weighted by Gasteiger charge is 2.59. The number of aliphatic carboxylic acids is 1. The van der Waals surface area contributed by atoms with Crippen molar-refractivity contribution < 1.29 is 37.4 Å². The number of halogens is 3. The Morgan fingerprint density at radius 2 is 1.51 bits per heavy atom. The normalized spacial score (nSPS) is 15.5. The van der Waals surface area contributed by atoms with Gasteiger partial charge >= 0.3 is 18.2 Å². The van der Waals surface area contributed by atoms with Crippen LogP contribution in [0.3, 0.4) is 0 Å². The molecule has 0 radical (unpaired) electrons. The number of carbonyl (C=O) groups excluding carboxylic acids is 2. The Morgan fingerprint density at radius 3 is 1.97 bits per heavy atom. The predicted octanol–water partition coefficient (Wildman–Crippen LogP) is 4.46. The molecule has 0 fully saturated rings. The van der Waals surface area contributed by atoms with E-state index in [-0.39, 0.29) is 24.9 Å². The fourth-order valence-electron chi connectivity index (χ4n) is 4.09. The third-order valence-corrected chi connectivity index (χ3v) is 6.03. The summed E-state index contributed by atoms with van der Waals surface area (Å²) in [4.78, 5) is 36.4. The number of hydrogen-bond acceptors (Lipinski definition) is 4. The van der Waals surface area contributed by atoms with E-state index in [1.165, 1.54) is 0 Å².